The Labute approximate surface area is 111 Å². The summed E-state index contributed by atoms with van der Waals surface area (Å²) in [5, 5.41) is 6.96. The van der Waals surface area contributed by atoms with E-state index in [1.54, 1.807) is 6.33 Å². The van der Waals surface area contributed by atoms with Crippen molar-refractivity contribution in [3.05, 3.63) is 12.7 Å². The number of carbonyl (C=O) groups is 2. The van der Waals surface area contributed by atoms with Crippen LogP contribution in [0.4, 0.5) is 0 Å². The first-order valence-electron chi connectivity index (χ1n) is 6.62. The molecule has 1 aromatic heterocycles. The molecule has 0 aliphatic carbocycles. The van der Waals surface area contributed by atoms with Crippen LogP contribution in [-0.2, 0) is 16.1 Å². The fourth-order valence-corrected chi connectivity index (χ4v) is 2.89. The van der Waals surface area contributed by atoms with E-state index in [0.29, 0.717) is 18.9 Å². The Kier molecular flexibility index (Phi) is 3.18. The lowest BCUT2D eigenvalue weighted by Crippen LogP contribution is -2.55. The smallest absolute Gasteiger partial charge is 0.244 e. The maximum absolute atomic E-state index is 12.2. The molecule has 1 N–H and O–H groups in total. The third kappa shape index (κ3) is 2.59. The highest BCUT2D eigenvalue weighted by atomic mass is 16.2. The number of likely N-dealkylation sites (tertiary alicyclic amines) is 1. The van der Waals surface area contributed by atoms with Gasteiger partial charge in [-0.2, -0.15) is 5.10 Å². The maximum atomic E-state index is 12.2. The monoisotopic (exact) mass is 263 g/mol. The van der Waals surface area contributed by atoms with Crippen molar-refractivity contribution in [1.82, 2.24) is 25.0 Å². The van der Waals surface area contributed by atoms with Gasteiger partial charge in [0.05, 0.1) is 0 Å². The van der Waals surface area contributed by atoms with Crippen molar-refractivity contribution in [3.8, 4) is 0 Å². The minimum absolute atomic E-state index is 0.0702. The summed E-state index contributed by atoms with van der Waals surface area (Å²) in [7, 11) is 0. The van der Waals surface area contributed by atoms with Gasteiger partial charge in [-0.1, -0.05) is 0 Å². The number of hydrogen-bond donors (Lipinski definition) is 1. The van der Waals surface area contributed by atoms with E-state index in [1.807, 2.05) is 4.90 Å². The molecule has 102 valence electrons. The first-order valence-corrected chi connectivity index (χ1v) is 6.62. The predicted molar refractivity (Wildman–Crippen MR) is 65.9 cm³/mol. The fourth-order valence-electron chi connectivity index (χ4n) is 2.89. The zero-order valence-corrected chi connectivity index (χ0v) is 10.7. The zero-order valence-electron chi connectivity index (χ0n) is 10.7. The molecule has 2 fully saturated rings. The van der Waals surface area contributed by atoms with Crippen LogP contribution in [0.5, 0.6) is 0 Å². The van der Waals surface area contributed by atoms with Gasteiger partial charge in [0, 0.05) is 25.6 Å². The van der Waals surface area contributed by atoms with Crippen molar-refractivity contribution in [2.24, 2.45) is 5.92 Å². The van der Waals surface area contributed by atoms with Crippen LogP contribution < -0.4 is 5.32 Å². The second-order valence-electron chi connectivity index (χ2n) is 5.19. The minimum Gasteiger partial charge on any atom is -0.353 e. The number of nitrogens with zero attached hydrogens (tertiary/aromatic N) is 4. The highest BCUT2D eigenvalue weighted by Crippen LogP contribution is 2.25. The number of aromatic nitrogens is 3. The third-order valence-electron chi connectivity index (χ3n) is 3.94. The van der Waals surface area contributed by atoms with E-state index in [9.17, 15) is 9.59 Å². The van der Waals surface area contributed by atoms with Gasteiger partial charge in [0.25, 0.3) is 0 Å². The summed E-state index contributed by atoms with van der Waals surface area (Å²) in [6.07, 6.45) is 5.27. The van der Waals surface area contributed by atoms with E-state index in [-0.39, 0.29) is 24.4 Å². The molecule has 0 radical (unpaired) electrons. The molecule has 19 heavy (non-hydrogen) atoms. The Bertz CT molecular complexity index is 472. The molecule has 0 bridgehead atoms. The molecule has 7 heteroatoms. The zero-order chi connectivity index (χ0) is 13.2. The average molecular weight is 263 g/mol. The van der Waals surface area contributed by atoms with Gasteiger partial charge in [-0.3, -0.25) is 9.59 Å². The van der Waals surface area contributed by atoms with Crippen LogP contribution in [0.3, 0.4) is 0 Å². The lowest BCUT2D eigenvalue weighted by molar-refractivity contribution is -0.135. The van der Waals surface area contributed by atoms with Gasteiger partial charge in [0.15, 0.2) is 0 Å². The van der Waals surface area contributed by atoms with E-state index in [4.69, 9.17) is 0 Å². The summed E-state index contributed by atoms with van der Waals surface area (Å²) in [4.78, 5) is 29.2. The second kappa shape index (κ2) is 4.99. The number of hydrogen-bond acceptors (Lipinski definition) is 4. The van der Waals surface area contributed by atoms with Gasteiger partial charge < -0.3 is 10.2 Å². The molecule has 2 aliphatic rings. The van der Waals surface area contributed by atoms with Crippen molar-refractivity contribution in [1.29, 1.82) is 0 Å². The molecule has 3 rings (SSSR count). The normalized spacial score (nSPS) is 26.7. The van der Waals surface area contributed by atoms with Crippen LogP contribution in [-0.4, -0.2) is 50.6 Å². The number of amides is 2. The lowest BCUT2D eigenvalue weighted by atomic mass is 9.85. The van der Waals surface area contributed by atoms with E-state index in [2.05, 4.69) is 15.4 Å². The summed E-state index contributed by atoms with van der Waals surface area (Å²) < 4.78 is 1.54. The first kappa shape index (κ1) is 12.1. The summed E-state index contributed by atoms with van der Waals surface area (Å²) in [6, 6.07) is 0.247. The summed E-state index contributed by atoms with van der Waals surface area (Å²) in [5.41, 5.74) is 0. The van der Waals surface area contributed by atoms with Gasteiger partial charge in [0.1, 0.15) is 19.2 Å². The standard InChI is InChI=1S/C12H17N5O2/c18-11-2-1-9-5-16(4-3-10(9)15-11)12(19)6-17-8-13-7-14-17/h7-10H,1-6H2,(H,15,18). The summed E-state index contributed by atoms with van der Waals surface area (Å²) in [6.45, 7) is 1.68. The molecule has 3 heterocycles. The molecular formula is C12H17N5O2. The maximum Gasteiger partial charge on any atom is 0.244 e. The Morgan fingerprint density at radius 2 is 2.37 bits per heavy atom. The van der Waals surface area contributed by atoms with E-state index in [0.717, 1.165) is 19.4 Å². The molecule has 2 unspecified atom stereocenters. The molecule has 2 saturated heterocycles. The Balaban J connectivity index is 1.58. The van der Waals surface area contributed by atoms with E-state index >= 15 is 0 Å². The van der Waals surface area contributed by atoms with Crippen LogP contribution in [0, 0.1) is 5.92 Å². The molecular weight excluding hydrogens is 246 g/mol. The van der Waals surface area contributed by atoms with Crippen LogP contribution in [0.2, 0.25) is 0 Å². The second-order valence-corrected chi connectivity index (χ2v) is 5.19. The van der Waals surface area contributed by atoms with Gasteiger partial charge in [-0.15, -0.1) is 0 Å². The molecule has 0 spiro atoms. The van der Waals surface area contributed by atoms with Crippen LogP contribution >= 0.6 is 0 Å². The molecule has 2 atom stereocenters. The number of piperidine rings is 2. The van der Waals surface area contributed by atoms with Crippen molar-refractivity contribution in [2.45, 2.75) is 31.8 Å². The predicted octanol–water partition coefficient (Wildman–Crippen LogP) is -0.595. The number of nitrogens with one attached hydrogen (secondary N) is 1. The largest absolute Gasteiger partial charge is 0.353 e. The summed E-state index contributed by atoms with van der Waals surface area (Å²) >= 11 is 0. The van der Waals surface area contributed by atoms with Crippen LogP contribution in [0.1, 0.15) is 19.3 Å². The van der Waals surface area contributed by atoms with Crippen molar-refractivity contribution in [2.75, 3.05) is 13.1 Å². The Morgan fingerprint density at radius 1 is 1.47 bits per heavy atom. The number of fused-ring (bicyclic) bond motifs is 1. The van der Waals surface area contributed by atoms with Gasteiger partial charge >= 0.3 is 0 Å². The highest BCUT2D eigenvalue weighted by Gasteiger charge is 2.35. The van der Waals surface area contributed by atoms with Crippen molar-refractivity contribution < 1.29 is 9.59 Å². The first-order chi connectivity index (χ1) is 9.22. The van der Waals surface area contributed by atoms with Crippen LogP contribution in [0.25, 0.3) is 0 Å². The van der Waals surface area contributed by atoms with Crippen molar-refractivity contribution >= 4 is 11.8 Å². The van der Waals surface area contributed by atoms with Gasteiger partial charge in [-0.05, 0) is 18.8 Å². The van der Waals surface area contributed by atoms with Gasteiger partial charge in [0.2, 0.25) is 11.8 Å². The fraction of sp³-hybridized carbons (Fsp3) is 0.667. The van der Waals surface area contributed by atoms with Crippen LogP contribution in [0.15, 0.2) is 12.7 Å². The Hall–Kier alpha value is -1.92. The quantitative estimate of drug-likeness (QED) is 0.773. The van der Waals surface area contributed by atoms with Crippen molar-refractivity contribution in [3.63, 3.8) is 0 Å². The minimum atomic E-state index is 0.0702. The molecule has 0 saturated carbocycles. The SMILES string of the molecule is O=C1CCC2CN(C(=O)Cn3cncn3)CCC2N1. The Morgan fingerprint density at radius 3 is 3.16 bits per heavy atom. The number of carbonyl (C=O) groups excluding carboxylic acids is 2. The third-order valence-corrected chi connectivity index (χ3v) is 3.94. The topological polar surface area (TPSA) is 80.1 Å². The lowest BCUT2D eigenvalue weighted by Gasteiger charge is -2.41. The van der Waals surface area contributed by atoms with E-state index < -0.39 is 0 Å². The highest BCUT2D eigenvalue weighted by molar-refractivity contribution is 5.78. The van der Waals surface area contributed by atoms with E-state index in [1.165, 1.54) is 11.0 Å². The molecule has 7 nitrogen and oxygen atoms in total. The molecule has 0 aromatic carbocycles. The summed E-state index contributed by atoms with van der Waals surface area (Å²) in [5.74, 6) is 0.607. The van der Waals surface area contributed by atoms with Gasteiger partial charge in [-0.25, -0.2) is 9.67 Å². The molecule has 2 amide bonds. The molecule has 1 aromatic rings. The molecule has 2 aliphatic heterocycles. The number of rotatable bonds is 2. The average Bonchev–Trinajstić information content (AvgIpc) is 2.91.